The lowest BCUT2D eigenvalue weighted by molar-refractivity contribution is -0.131. The van der Waals surface area contributed by atoms with Gasteiger partial charge >= 0.3 is 0 Å². The Bertz CT molecular complexity index is 569. The monoisotopic (exact) mass is 533 g/mol. The third-order valence-corrected chi connectivity index (χ3v) is 9.54. The zero-order valence-electron chi connectivity index (χ0n) is 27.5. The molecule has 0 saturated carbocycles. The van der Waals surface area contributed by atoms with E-state index in [1.54, 1.807) is 0 Å². The quantitative estimate of drug-likeness (QED) is 0.239. The molecule has 0 radical (unpaired) electrons. The van der Waals surface area contributed by atoms with Crippen LogP contribution in [0.3, 0.4) is 0 Å². The van der Waals surface area contributed by atoms with Crippen molar-refractivity contribution in [1.82, 2.24) is 5.32 Å². The van der Waals surface area contributed by atoms with Crippen LogP contribution in [-0.4, -0.2) is 23.0 Å². The van der Waals surface area contributed by atoms with Crippen LogP contribution in [0.5, 0.6) is 0 Å². The summed E-state index contributed by atoms with van der Waals surface area (Å²) >= 11 is 0. The van der Waals surface area contributed by atoms with Gasteiger partial charge in [0.25, 0.3) is 0 Å². The Morgan fingerprint density at radius 3 is 1.51 bits per heavy atom. The number of rotatable bonds is 13. The highest BCUT2D eigenvalue weighted by molar-refractivity contribution is 8.77. The first-order chi connectivity index (χ1) is 15.5. The number of amides is 1. The van der Waals surface area contributed by atoms with Crippen molar-refractivity contribution in [3.63, 3.8) is 0 Å². The van der Waals surface area contributed by atoms with Gasteiger partial charge in [0.05, 0.1) is 0 Å². The van der Waals surface area contributed by atoms with E-state index in [0.717, 1.165) is 25.1 Å². The molecule has 1 amide bonds. The van der Waals surface area contributed by atoms with Crippen molar-refractivity contribution in [2.75, 3.05) is 12.3 Å². The predicted molar refractivity (Wildman–Crippen MR) is 169 cm³/mol. The number of nitrogens with one attached hydrogen (secondary N) is 1. The molecule has 0 aromatic carbocycles. The number of hydrogen-bond donors (Lipinski definition) is 1. The molecule has 0 heterocycles. The molecule has 4 heteroatoms. The molecule has 0 saturated heterocycles. The van der Waals surface area contributed by atoms with Crippen LogP contribution in [0.2, 0.25) is 0 Å². The molecule has 0 rings (SSSR count). The number of carbonyl (C=O) groups excluding carboxylic acids is 1. The maximum Gasteiger partial charge on any atom is 0.225 e. The van der Waals surface area contributed by atoms with Crippen molar-refractivity contribution in [3.8, 4) is 0 Å². The molecule has 0 aromatic rings. The Balaban J connectivity index is -0.00000242. The van der Waals surface area contributed by atoms with Crippen LogP contribution in [0, 0.1) is 27.1 Å². The molecule has 0 aliphatic rings. The molecule has 35 heavy (non-hydrogen) atoms. The fraction of sp³-hybridized carbons (Fsp3) is 0.968. The van der Waals surface area contributed by atoms with Gasteiger partial charge in [-0.15, -0.1) is 0 Å². The topological polar surface area (TPSA) is 29.1 Å². The first-order valence-corrected chi connectivity index (χ1v) is 16.4. The summed E-state index contributed by atoms with van der Waals surface area (Å²) < 4.78 is 0.256. The Labute approximate surface area is 231 Å². The Hall–Kier alpha value is 0.170. The van der Waals surface area contributed by atoms with Gasteiger partial charge in [-0.25, -0.2) is 0 Å². The molecular weight excluding hydrogens is 466 g/mol. The van der Waals surface area contributed by atoms with Gasteiger partial charge in [0, 0.05) is 22.5 Å². The SMILES string of the molecule is CC.CC.CCC(C)(C)CC(C)(C)SSCC(C)(C)CC(C)(C)C(=O)NCC(C)(C)CC(C)(C)C. The third-order valence-electron chi connectivity index (χ3n) is 5.87. The summed E-state index contributed by atoms with van der Waals surface area (Å²) in [5.41, 5.74) is 0.486. The van der Waals surface area contributed by atoms with Crippen molar-refractivity contribution < 1.29 is 4.79 Å². The summed E-state index contributed by atoms with van der Waals surface area (Å²) in [5.74, 6) is 1.24. The molecule has 0 unspecified atom stereocenters. The average Bonchev–Trinajstić information content (AvgIpc) is 2.65. The number of hydrogen-bond acceptors (Lipinski definition) is 3. The van der Waals surface area contributed by atoms with Crippen LogP contribution in [0.25, 0.3) is 0 Å². The fourth-order valence-corrected chi connectivity index (χ4v) is 8.56. The number of carbonyl (C=O) groups is 1. The molecule has 0 atom stereocenters. The van der Waals surface area contributed by atoms with E-state index in [4.69, 9.17) is 0 Å². The third kappa shape index (κ3) is 20.9. The Kier molecular flexibility index (Phi) is 18.4. The summed E-state index contributed by atoms with van der Waals surface area (Å²) in [6, 6.07) is 0. The van der Waals surface area contributed by atoms with Gasteiger partial charge in [-0.2, -0.15) is 0 Å². The molecular formula is C31H67NOS2. The minimum absolute atomic E-state index is 0.101. The maximum absolute atomic E-state index is 13.1. The average molecular weight is 534 g/mol. The molecule has 0 spiro atoms. The summed E-state index contributed by atoms with van der Waals surface area (Å²) in [4.78, 5) is 13.1. The molecule has 1 N–H and O–H groups in total. The smallest absolute Gasteiger partial charge is 0.225 e. The van der Waals surface area contributed by atoms with Crippen molar-refractivity contribution >= 4 is 27.5 Å². The van der Waals surface area contributed by atoms with Crippen molar-refractivity contribution in [1.29, 1.82) is 0 Å². The second-order valence-electron chi connectivity index (χ2n) is 14.6. The zero-order chi connectivity index (χ0) is 28.9. The highest BCUT2D eigenvalue weighted by atomic mass is 33.1. The highest BCUT2D eigenvalue weighted by Crippen LogP contribution is 2.47. The minimum Gasteiger partial charge on any atom is -0.355 e. The lowest BCUT2D eigenvalue weighted by Gasteiger charge is -2.37. The lowest BCUT2D eigenvalue weighted by Crippen LogP contribution is -2.44. The first kappa shape index (κ1) is 39.7. The van der Waals surface area contributed by atoms with Gasteiger partial charge in [-0.1, -0.05) is 139 Å². The minimum atomic E-state index is -0.369. The van der Waals surface area contributed by atoms with E-state index in [2.05, 4.69) is 102 Å². The van der Waals surface area contributed by atoms with Crippen molar-refractivity contribution in [2.45, 2.75) is 155 Å². The zero-order valence-corrected chi connectivity index (χ0v) is 29.1. The molecule has 0 bridgehead atoms. The van der Waals surface area contributed by atoms with Crippen LogP contribution in [0.15, 0.2) is 0 Å². The van der Waals surface area contributed by atoms with Crippen LogP contribution in [0.1, 0.15) is 150 Å². The summed E-state index contributed by atoms with van der Waals surface area (Å²) in [5, 5.41) is 3.27. The normalized spacial score (nSPS) is 13.3. The Morgan fingerprint density at radius 1 is 0.657 bits per heavy atom. The van der Waals surface area contributed by atoms with Crippen molar-refractivity contribution in [2.24, 2.45) is 27.1 Å². The first-order valence-electron chi connectivity index (χ1n) is 14.1. The van der Waals surface area contributed by atoms with Crippen LogP contribution >= 0.6 is 21.6 Å². The lowest BCUT2D eigenvalue weighted by atomic mass is 9.74. The van der Waals surface area contributed by atoms with Gasteiger partial charge in [0.1, 0.15) is 0 Å². The van der Waals surface area contributed by atoms with Gasteiger partial charge in [0.2, 0.25) is 5.91 Å². The van der Waals surface area contributed by atoms with Crippen LogP contribution in [0.4, 0.5) is 0 Å². The van der Waals surface area contributed by atoms with Crippen molar-refractivity contribution in [3.05, 3.63) is 0 Å². The van der Waals surface area contributed by atoms with E-state index in [0.29, 0.717) is 5.41 Å². The van der Waals surface area contributed by atoms with E-state index < -0.39 is 0 Å². The summed E-state index contributed by atoms with van der Waals surface area (Å²) in [6.45, 7) is 40.6. The molecule has 0 fully saturated rings. The van der Waals surface area contributed by atoms with E-state index >= 15 is 0 Å². The second-order valence-corrected chi connectivity index (χ2v) is 17.6. The van der Waals surface area contributed by atoms with Gasteiger partial charge in [-0.05, 0) is 54.8 Å². The van der Waals surface area contributed by atoms with E-state index in [1.165, 1.54) is 12.8 Å². The Morgan fingerprint density at radius 2 is 1.11 bits per heavy atom. The molecule has 0 aromatic heterocycles. The predicted octanol–water partition coefficient (Wildman–Crippen LogP) is 11.0. The molecule has 2 nitrogen and oxygen atoms in total. The van der Waals surface area contributed by atoms with Crippen LogP contribution in [-0.2, 0) is 4.79 Å². The molecule has 214 valence electrons. The summed E-state index contributed by atoms with van der Waals surface area (Å²) in [6.07, 6.45) is 4.40. The summed E-state index contributed by atoms with van der Waals surface area (Å²) in [7, 11) is 4.00. The van der Waals surface area contributed by atoms with Gasteiger partial charge in [-0.3, -0.25) is 4.79 Å². The maximum atomic E-state index is 13.1. The van der Waals surface area contributed by atoms with Crippen LogP contribution < -0.4 is 5.32 Å². The van der Waals surface area contributed by atoms with Gasteiger partial charge < -0.3 is 5.32 Å². The fourth-order valence-electron chi connectivity index (χ4n) is 5.04. The van der Waals surface area contributed by atoms with E-state index in [-0.39, 0.29) is 32.3 Å². The largest absolute Gasteiger partial charge is 0.355 e. The van der Waals surface area contributed by atoms with E-state index in [9.17, 15) is 4.79 Å². The standard InChI is InChI=1S/C27H55NOS2.2C2H6/c1-15-23(5,6)18-27(13,14)31-30-20-25(9,10)17-26(11,12)21(29)28-19-24(7,8)16-22(2,3)4;2*1-2/h15-20H2,1-14H3,(H,28,29);2*1-2H3. The van der Waals surface area contributed by atoms with Gasteiger partial charge in [0.15, 0.2) is 0 Å². The highest BCUT2D eigenvalue weighted by Gasteiger charge is 2.36. The van der Waals surface area contributed by atoms with E-state index in [1.807, 2.05) is 49.3 Å². The molecule has 0 aliphatic carbocycles. The molecule has 0 aliphatic heterocycles. The second kappa shape index (κ2) is 16.2.